The molecule has 2 bridgehead atoms. The molecule has 3 aromatic rings. The van der Waals surface area contributed by atoms with Gasteiger partial charge in [0.2, 0.25) is 0 Å². The van der Waals surface area contributed by atoms with Crippen LogP contribution in [0.1, 0.15) is 54.8 Å². The summed E-state index contributed by atoms with van der Waals surface area (Å²) in [6.07, 6.45) is 7.18. The maximum atomic E-state index is 11.7. The minimum absolute atomic E-state index is 0.0161. The molecule has 0 saturated heterocycles. The van der Waals surface area contributed by atoms with Gasteiger partial charge < -0.3 is 20.8 Å². The number of hydrogen-bond donors (Lipinski definition) is 4. The van der Waals surface area contributed by atoms with Gasteiger partial charge in [-0.05, 0) is 43.5 Å². The highest BCUT2D eigenvalue weighted by Gasteiger charge is 2.22. The summed E-state index contributed by atoms with van der Waals surface area (Å²) in [5.41, 5.74) is 11.7. The van der Waals surface area contributed by atoms with Crippen molar-refractivity contribution in [3.05, 3.63) is 47.7 Å². The molecule has 2 aromatic heterocycles. The highest BCUT2D eigenvalue weighted by atomic mass is 16.5. The second-order valence-electron chi connectivity index (χ2n) is 8.01. The number of methoxy groups -OCH3 is 1. The van der Waals surface area contributed by atoms with Crippen LogP contribution in [-0.2, 0) is 11.8 Å². The fourth-order valence-corrected chi connectivity index (χ4v) is 4.08. The number of anilines is 2. The summed E-state index contributed by atoms with van der Waals surface area (Å²) in [6, 6.07) is 5.56. The van der Waals surface area contributed by atoms with E-state index in [4.69, 9.17) is 20.6 Å². The first-order chi connectivity index (χ1) is 14.9. The van der Waals surface area contributed by atoms with Crippen LogP contribution in [0.4, 0.5) is 16.2 Å². The van der Waals surface area contributed by atoms with Crippen molar-refractivity contribution in [2.45, 2.75) is 44.7 Å². The Morgan fingerprint density at radius 3 is 2.87 bits per heavy atom. The normalized spacial score (nSPS) is 18.8. The maximum absolute atomic E-state index is 11.7. The quantitative estimate of drug-likeness (QED) is 0.494. The molecule has 5 N–H and O–H groups in total. The monoisotopic (exact) mass is 423 g/mol. The Balaban J connectivity index is 1.78. The van der Waals surface area contributed by atoms with E-state index >= 15 is 0 Å². The van der Waals surface area contributed by atoms with E-state index in [0.29, 0.717) is 5.69 Å². The molecule has 4 rings (SSSR count). The molecule has 0 radical (unpaired) electrons. The minimum Gasteiger partial charge on any atom is -0.453 e. The SMILES string of the molecule is COC(=O)Nc1ccc2c(c1)N[C@H](c1nn(C)cc1C)CCCCC(N)c1nc-2c[nH]1. The summed E-state index contributed by atoms with van der Waals surface area (Å²) in [4.78, 5) is 19.7. The Hall–Kier alpha value is -3.33. The molecule has 1 amide bonds. The van der Waals surface area contributed by atoms with Gasteiger partial charge in [-0.15, -0.1) is 0 Å². The number of fused-ring (bicyclic) bond motifs is 4. The van der Waals surface area contributed by atoms with Crippen molar-refractivity contribution in [3.63, 3.8) is 0 Å². The van der Waals surface area contributed by atoms with Crippen molar-refractivity contribution in [1.29, 1.82) is 0 Å². The molecule has 1 unspecified atom stereocenters. The highest BCUT2D eigenvalue weighted by Crippen LogP contribution is 2.35. The van der Waals surface area contributed by atoms with E-state index < -0.39 is 6.09 Å². The van der Waals surface area contributed by atoms with Gasteiger partial charge in [0.1, 0.15) is 5.82 Å². The molecular weight excluding hydrogens is 394 g/mol. The van der Waals surface area contributed by atoms with E-state index in [9.17, 15) is 4.79 Å². The lowest BCUT2D eigenvalue weighted by Gasteiger charge is -2.22. The zero-order valence-electron chi connectivity index (χ0n) is 18.1. The van der Waals surface area contributed by atoms with Crippen LogP contribution in [0.2, 0.25) is 0 Å². The molecule has 9 nitrogen and oxygen atoms in total. The largest absolute Gasteiger partial charge is 0.453 e. The van der Waals surface area contributed by atoms with Gasteiger partial charge in [0.05, 0.1) is 30.6 Å². The van der Waals surface area contributed by atoms with Gasteiger partial charge in [0.25, 0.3) is 0 Å². The van der Waals surface area contributed by atoms with E-state index in [0.717, 1.165) is 59.7 Å². The van der Waals surface area contributed by atoms with Crippen LogP contribution in [0.3, 0.4) is 0 Å². The van der Waals surface area contributed by atoms with Crippen molar-refractivity contribution >= 4 is 17.5 Å². The van der Waals surface area contributed by atoms with Gasteiger partial charge in [0.15, 0.2) is 0 Å². The number of carbonyl (C=O) groups excluding carboxylic acids is 1. The Bertz CT molecular complexity index is 1070. The Morgan fingerprint density at radius 2 is 2.13 bits per heavy atom. The number of aromatic nitrogens is 4. The average molecular weight is 424 g/mol. The first kappa shape index (κ1) is 20.9. The zero-order chi connectivity index (χ0) is 22.0. The van der Waals surface area contributed by atoms with Gasteiger partial charge in [0, 0.05) is 36.4 Å². The van der Waals surface area contributed by atoms with E-state index in [2.05, 4.69) is 22.5 Å². The molecule has 2 atom stereocenters. The first-order valence-electron chi connectivity index (χ1n) is 10.5. The number of amides is 1. The third-order valence-corrected chi connectivity index (χ3v) is 5.64. The predicted octanol–water partition coefficient (Wildman–Crippen LogP) is 4.02. The Labute approximate surface area is 181 Å². The lowest BCUT2D eigenvalue weighted by atomic mass is 9.99. The molecule has 1 aromatic carbocycles. The van der Waals surface area contributed by atoms with Crippen LogP contribution in [0.25, 0.3) is 11.3 Å². The lowest BCUT2D eigenvalue weighted by molar-refractivity contribution is 0.187. The maximum Gasteiger partial charge on any atom is 0.411 e. The number of nitrogens with zero attached hydrogens (tertiary/aromatic N) is 3. The summed E-state index contributed by atoms with van der Waals surface area (Å²) in [7, 11) is 3.28. The summed E-state index contributed by atoms with van der Waals surface area (Å²) in [6.45, 7) is 2.08. The van der Waals surface area contributed by atoms with Gasteiger partial charge in [-0.25, -0.2) is 9.78 Å². The first-order valence-corrected chi connectivity index (χ1v) is 10.5. The van der Waals surface area contributed by atoms with Crippen molar-refractivity contribution in [3.8, 4) is 11.3 Å². The molecule has 0 spiro atoms. The molecule has 0 aliphatic carbocycles. The van der Waals surface area contributed by atoms with E-state index in [1.54, 1.807) is 0 Å². The highest BCUT2D eigenvalue weighted by molar-refractivity contribution is 5.88. The van der Waals surface area contributed by atoms with E-state index in [1.807, 2.05) is 42.3 Å². The van der Waals surface area contributed by atoms with Crippen LogP contribution in [0.15, 0.2) is 30.6 Å². The second kappa shape index (κ2) is 8.81. The number of carbonyl (C=O) groups is 1. The Morgan fingerprint density at radius 1 is 1.32 bits per heavy atom. The molecular formula is C22H29N7O2. The van der Waals surface area contributed by atoms with Crippen molar-refractivity contribution in [1.82, 2.24) is 19.7 Å². The summed E-state index contributed by atoms with van der Waals surface area (Å²) >= 11 is 0. The third kappa shape index (κ3) is 4.56. The average Bonchev–Trinajstić information content (AvgIpc) is 3.36. The molecule has 3 heterocycles. The topological polar surface area (TPSA) is 123 Å². The number of imidazole rings is 1. The molecule has 9 heteroatoms. The number of hydrogen-bond acceptors (Lipinski definition) is 6. The smallest absolute Gasteiger partial charge is 0.411 e. The third-order valence-electron chi connectivity index (χ3n) is 5.64. The van der Waals surface area contributed by atoms with Crippen molar-refractivity contribution in [2.24, 2.45) is 12.8 Å². The lowest BCUT2D eigenvalue weighted by Crippen LogP contribution is -2.16. The minimum atomic E-state index is -0.516. The van der Waals surface area contributed by atoms with E-state index in [-0.39, 0.29) is 12.1 Å². The zero-order valence-corrected chi connectivity index (χ0v) is 18.1. The number of H-pyrrole nitrogens is 1. The second-order valence-corrected chi connectivity index (χ2v) is 8.01. The van der Waals surface area contributed by atoms with Gasteiger partial charge in [-0.2, -0.15) is 5.10 Å². The summed E-state index contributed by atoms with van der Waals surface area (Å²) < 4.78 is 6.58. The van der Waals surface area contributed by atoms with Gasteiger partial charge >= 0.3 is 6.09 Å². The van der Waals surface area contributed by atoms with Crippen LogP contribution in [0.5, 0.6) is 0 Å². The number of aromatic amines is 1. The number of aryl methyl sites for hydroxylation is 2. The van der Waals surface area contributed by atoms with Crippen molar-refractivity contribution in [2.75, 3.05) is 17.7 Å². The molecule has 1 aliphatic heterocycles. The fourth-order valence-electron chi connectivity index (χ4n) is 4.08. The number of nitrogens with one attached hydrogen (secondary N) is 3. The standard InChI is InChI=1S/C22H29N7O2/c1-13-12-29(2)28-20(13)17-7-5-4-6-16(23)21-24-11-19(27-21)15-9-8-14(10-18(15)26-17)25-22(30)31-3/h8-12,16-17,26H,4-7,23H2,1-3H3,(H,24,27)(H,25,30)/t16?,17-/m0/s1. The Kier molecular flexibility index (Phi) is 5.94. The van der Waals surface area contributed by atoms with Gasteiger partial charge in [-0.3, -0.25) is 10.00 Å². The van der Waals surface area contributed by atoms with Crippen LogP contribution < -0.4 is 16.4 Å². The number of rotatable bonds is 2. The summed E-state index contributed by atoms with van der Waals surface area (Å²) in [5, 5.41) is 11.1. The molecule has 164 valence electrons. The number of ether oxygens (including phenoxy) is 1. The predicted molar refractivity (Wildman–Crippen MR) is 120 cm³/mol. The van der Waals surface area contributed by atoms with E-state index in [1.165, 1.54) is 7.11 Å². The number of nitrogens with two attached hydrogens (primary N) is 1. The van der Waals surface area contributed by atoms with Crippen LogP contribution >= 0.6 is 0 Å². The number of benzene rings is 1. The molecule has 0 saturated carbocycles. The van der Waals surface area contributed by atoms with Gasteiger partial charge in [-0.1, -0.05) is 12.8 Å². The molecule has 0 fully saturated rings. The molecule has 1 aliphatic rings. The fraction of sp³-hybridized carbons (Fsp3) is 0.409. The molecule has 31 heavy (non-hydrogen) atoms. The van der Waals surface area contributed by atoms with Crippen LogP contribution in [-0.4, -0.2) is 33.0 Å². The van der Waals surface area contributed by atoms with Crippen molar-refractivity contribution < 1.29 is 9.53 Å². The van der Waals surface area contributed by atoms with Crippen LogP contribution in [0, 0.1) is 6.92 Å². The summed E-state index contributed by atoms with van der Waals surface area (Å²) in [5.74, 6) is 0.787.